The summed E-state index contributed by atoms with van der Waals surface area (Å²) in [4.78, 5) is 38.3. The van der Waals surface area contributed by atoms with Crippen molar-refractivity contribution in [3.8, 4) is 0 Å². The lowest BCUT2D eigenvalue weighted by Crippen LogP contribution is -2.41. The van der Waals surface area contributed by atoms with Gasteiger partial charge in [0.05, 0.1) is 0 Å². The minimum Gasteiger partial charge on any atom is -0.448 e. The molecule has 0 aliphatic carbocycles. The van der Waals surface area contributed by atoms with E-state index in [0.29, 0.717) is 6.54 Å². The molecule has 6 heteroatoms. The van der Waals surface area contributed by atoms with E-state index < -0.39 is 18.0 Å². The minimum atomic E-state index is -1.01. The average molecular weight is 380 g/mol. The number of hydrogen-bond donors (Lipinski definition) is 1. The van der Waals surface area contributed by atoms with Gasteiger partial charge in [-0.25, -0.2) is 4.79 Å². The molecule has 0 saturated heterocycles. The van der Waals surface area contributed by atoms with E-state index in [1.54, 1.807) is 12.1 Å². The van der Waals surface area contributed by atoms with E-state index in [2.05, 4.69) is 5.32 Å². The van der Waals surface area contributed by atoms with E-state index in [1.165, 1.54) is 24.8 Å². The van der Waals surface area contributed by atoms with E-state index in [9.17, 15) is 14.4 Å². The maximum Gasteiger partial charge on any atom is 0.355 e. The molecule has 146 valence electrons. The van der Waals surface area contributed by atoms with Gasteiger partial charge in [0, 0.05) is 19.2 Å². The van der Waals surface area contributed by atoms with Gasteiger partial charge in [-0.2, -0.15) is 0 Å². The van der Waals surface area contributed by atoms with Crippen LogP contribution in [0.15, 0.2) is 66.4 Å². The number of amides is 2. The second-order valence-corrected chi connectivity index (χ2v) is 6.12. The van der Waals surface area contributed by atoms with Crippen LogP contribution in [0.5, 0.6) is 0 Å². The number of likely N-dealkylation sites (N-methyl/N-ethyl adjacent to an activating group) is 1. The SMILES string of the molecule is CCN(C(=O)[C@@H](C)OC(=O)/C(=C/c1ccccc1)NC(C)=O)c1ccccc1. The van der Waals surface area contributed by atoms with Crippen molar-refractivity contribution in [2.75, 3.05) is 11.4 Å². The summed E-state index contributed by atoms with van der Waals surface area (Å²) in [6.07, 6.45) is 0.496. The molecule has 0 fully saturated rings. The molecule has 1 atom stereocenters. The lowest BCUT2D eigenvalue weighted by atomic mass is 10.2. The molecule has 0 aromatic heterocycles. The Morgan fingerprint density at radius 3 is 2.14 bits per heavy atom. The number of nitrogens with one attached hydrogen (secondary N) is 1. The summed E-state index contributed by atoms with van der Waals surface area (Å²) >= 11 is 0. The predicted molar refractivity (Wildman–Crippen MR) is 108 cm³/mol. The monoisotopic (exact) mass is 380 g/mol. The Bertz CT molecular complexity index is 847. The molecule has 0 bridgehead atoms. The molecular formula is C22H24N2O4. The lowest BCUT2D eigenvalue weighted by molar-refractivity contribution is -0.150. The standard InChI is InChI=1S/C22H24N2O4/c1-4-24(19-13-9-6-10-14-19)21(26)16(2)28-22(27)20(23-17(3)25)15-18-11-7-5-8-12-18/h5-16H,4H2,1-3H3,(H,23,25)/b20-15-/t16-/m1/s1. The highest BCUT2D eigenvalue weighted by Crippen LogP contribution is 2.16. The average Bonchev–Trinajstić information content (AvgIpc) is 2.69. The summed E-state index contributed by atoms with van der Waals surface area (Å²) < 4.78 is 5.34. The number of ether oxygens (including phenoxy) is 1. The fourth-order valence-corrected chi connectivity index (χ4v) is 2.62. The van der Waals surface area contributed by atoms with Crippen molar-refractivity contribution in [3.05, 3.63) is 71.9 Å². The normalized spacial score (nSPS) is 12.0. The second-order valence-electron chi connectivity index (χ2n) is 6.12. The number of nitrogens with zero attached hydrogens (tertiary/aromatic N) is 1. The second kappa shape index (κ2) is 10.1. The Morgan fingerprint density at radius 1 is 1.04 bits per heavy atom. The number of rotatable bonds is 7. The maximum absolute atomic E-state index is 12.8. The smallest absolute Gasteiger partial charge is 0.355 e. The van der Waals surface area contributed by atoms with Gasteiger partial charge < -0.3 is 15.0 Å². The molecule has 28 heavy (non-hydrogen) atoms. The molecule has 0 aliphatic rings. The highest BCUT2D eigenvalue weighted by atomic mass is 16.5. The Labute approximate surface area is 164 Å². The first-order chi connectivity index (χ1) is 13.4. The van der Waals surface area contributed by atoms with Crippen molar-refractivity contribution < 1.29 is 19.1 Å². The van der Waals surface area contributed by atoms with E-state index in [-0.39, 0.29) is 11.6 Å². The third-order valence-corrected chi connectivity index (χ3v) is 3.92. The molecule has 2 aromatic rings. The Hall–Kier alpha value is -3.41. The Kier molecular flexibility index (Phi) is 7.51. The van der Waals surface area contributed by atoms with Gasteiger partial charge >= 0.3 is 5.97 Å². The molecular weight excluding hydrogens is 356 g/mol. The molecule has 2 rings (SSSR count). The van der Waals surface area contributed by atoms with E-state index in [0.717, 1.165) is 11.3 Å². The van der Waals surface area contributed by atoms with Crippen LogP contribution >= 0.6 is 0 Å². The Balaban J connectivity index is 2.16. The van der Waals surface area contributed by atoms with Crippen LogP contribution in [0.1, 0.15) is 26.3 Å². The van der Waals surface area contributed by atoms with Crippen LogP contribution in [0, 0.1) is 0 Å². The van der Waals surface area contributed by atoms with Crippen molar-refractivity contribution in [2.24, 2.45) is 0 Å². The predicted octanol–water partition coefficient (Wildman–Crippen LogP) is 3.15. The fourth-order valence-electron chi connectivity index (χ4n) is 2.62. The lowest BCUT2D eigenvalue weighted by Gasteiger charge is -2.24. The van der Waals surface area contributed by atoms with Gasteiger partial charge in [-0.3, -0.25) is 9.59 Å². The van der Waals surface area contributed by atoms with E-state index in [1.807, 2.05) is 55.5 Å². The summed E-state index contributed by atoms with van der Waals surface area (Å²) in [5.74, 6) is -1.52. The quantitative estimate of drug-likeness (QED) is 0.591. The van der Waals surface area contributed by atoms with Crippen LogP contribution in [0.25, 0.3) is 6.08 Å². The number of carbonyl (C=O) groups is 3. The molecule has 0 heterocycles. The molecule has 0 aliphatic heterocycles. The first kappa shape index (κ1) is 20.9. The molecule has 0 unspecified atom stereocenters. The fraction of sp³-hybridized carbons (Fsp3) is 0.227. The largest absolute Gasteiger partial charge is 0.448 e. The molecule has 0 saturated carbocycles. The molecule has 6 nitrogen and oxygen atoms in total. The van der Waals surface area contributed by atoms with Gasteiger partial charge in [0.15, 0.2) is 6.10 Å². The van der Waals surface area contributed by atoms with Crippen molar-refractivity contribution in [2.45, 2.75) is 26.9 Å². The molecule has 1 N–H and O–H groups in total. The number of benzene rings is 2. The van der Waals surface area contributed by atoms with Crippen LogP contribution in [-0.4, -0.2) is 30.4 Å². The summed E-state index contributed by atoms with van der Waals surface area (Å²) in [5.41, 5.74) is 1.42. The van der Waals surface area contributed by atoms with Crippen molar-refractivity contribution in [1.82, 2.24) is 5.32 Å². The van der Waals surface area contributed by atoms with Crippen LogP contribution in [0.3, 0.4) is 0 Å². The van der Waals surface area contributed by atoms with Gasteiger partial charge in [-0.05, 0) is 37.6 Å². The highest BCUT2D eigenvalue weighted by Gasteiger charge is 2.25. The van der Waals surface area contributed by atoms with Gasteiger partial charge in [-0.1, -0.05) is 48.5 Å². The van der Waals surface area contributed by atoms with E-state index in [4.69, 9.17) is 4.74 Å². The number of carbonyl (C=O) groups excluding carboxylic acids is 3. The van der Waals surface area contributed by atoms with Crippen molar-refractivity contribution in [3.63, 3.8) is 0 Å². The zero-order chi connectivity index (χ0) is 20.5. The van der Waals surface area contributed by atoms with E-state index >= 15 is 0 Å². The van der Waals surface area contributed by atoms with Gasteiger partial charge in [0.25, 0.3) is 5.91 Å². The molecule has 0 radical (unpaired) electrons. The third kappa shape index (κ3) is 5.81. The summed E-state index contributed by atoms with van der Waals surface area (Å²) in [5, 5.41) is 2.47. The molecule has 2 aromatic carbocycles. The summed E-state index contributed by atoms with van der Waals surface area (Å²) in [6, 6.07) is 18.2. The molecule has 2 amide bonds. The van der Waals surface area contributed by atoms with Crippen LogP contribution in [0.2, 0.25) is 0 Å². The Morgan fingerprint density at radius 2 is 1.61 bits per heavy atom. The minimum absolute atomic E-state index is 0.0268. The van der Waals surface area contributed by atoms with Crippen LogP contribution in [-0.2, 0) is 19.1 Å². The summed E-state index contributed by atoms with van der Waals surface area (Å²) in [6.45, 7) is 5.09. The molecule has 0 spiro atoms. The summed E-state index contributed by atoms with van der Waals surface area (Å²) in [7, 11) is 0. The van der Waals surface area contributed by atoms with Crippen molar-refractivity contribution in [1.29, 1.82) is 0 Å². The maximum atomic E-state index is 12.8. The number of hydrogen-bond acceptors (Lipinski definition) is 4. The zero-order valence-corrected chi connectivity index (χ0v) is 16.2. The van der Waals surface area contributed by atoms with Crippen LogP contribution in [0.4, 0.5) is 5.69 Å². The first-order valence-electron chi connectivity index (χ1n) is 9.04. The number of esters is 1. The first-order valence-corrected chi connectivity index (χ1v) is 9.04. The van der Waals surface area contributed by atoms with Crippen molar-refractivity contribution >= 4 is 29.5 Å². The number of anilines is 1. The third-order valence-electron chi connectivity index (χ3n) is 3.92. The van der Waals surface area contributed by atoms with Crippen LogP contribution < -0.4 is 10.2 Å². The zero-order valence-electron chi connectivity index (χ0n) is 16.2. The highest BCUT2D eigenvalue weighted by molar-refractivity contribution is 6.01. The van der Waals surface area contributed by atoms with Gasteiger partial charge in [0.2, 0.25) is 5.91 Å². The topological polar surface area (TPSA) is 75.7 Å². The number of para-hydroxylation sites is 1. The van der Waals surface area contributed by atoms with Gasteiger partial charge in [0.1, 0.15) is 5.70 Å². The van der Waals surface area contributed by atoms with Gasteiger partial charge in [-0.15, -0.1) is 0 Å².